The molecule has 1 saturated heterocycles. The molecule has 1 aliphatic rings. The van der Waals surface area contributed by atoms with Crippen LogP contribution in [-0.4, -0.2) is 59.9 Å². The molecule has 1 aromatic heterocycles. The Balaban J connectivity index is 1.80. The number of benzene rings is 1. The summed E-state index contributed by atoms with van der Waals surface area (Å²) in [4.78, 5) is 4.95. The topological polar surface area (TPSA) is 33.5 Å². The number of likely N-dealkylation sites (tertiary alicyclic amines) is 1. The van der Waals surface area contributed by atoms with Gasteiger partial charge in [-0.05, 0) is 52.6 Å². The van der Waals surface area contributed by atoms with Crippen LogP contribution in [0, 0.1) is 13.8 Å². The molecule has 1 fully saturated rings. The Bertz CT molecular complexity index is 735. The Kier molecular flexibility index (Phi) is 5.68. The van der Waals surface area contributed by atoms with Crippen LogP contribution in [0.1, 0.15) is 35.4 Å². The smallest absolute Gasteiger partial charge is 0.118 e. The summed E-state index contributed by atoms with van der Waals surface area (Å²) in [5.74, 6) is 1.43. The highest BCUT2D eigenvalue weighted by atomic mass is 16.5. The first-order chi connectivity index (χ1) is 12.4. The molecule has 0 aliphatic carbocycles. The van der Waals surface area contributed by atoms with E-state index < -0.39 is 0 Å². The van der Waals surface area contributed by atoms with E-state index in [1.165, 1.54) is 22.5 Å². The van der Waals surface area contributed by atoms with Crippen molar-refractivity contribution < 1.29 is 4.74 Å². The lowest BCUT2D eigenvalue weighted by Crippen LogP contribution is -2.34. The van der Waals surface area contributed by atoms with Gasteiger partial charge in [-0.3, -0.25) is 9.58 Å². The molecule has 0 bridgehead atoms. The molecular weight excluding hydrogens is 324 g/mol. The van der Waals surface area contributed by atoms with Gasteiger partial charge in [0.25, 0.3) is 0 Å². The van der Waals surface area contributed by atoms with E-state index >= 15 is 0 Å². The molecule has 2 atom stereocenters. The largest absolute Gasteiger partial charge is 0.497 e. The third kappa shape index (κ3) is 3.64. The lowest BCUT2D eigenvalue weighted by Gasteiger charge is -2.25. The van der Waals surface area contributed by atoms with Crippen molar-refractivity contribution in [1.29, 1.82) is 0 Å². The Labute approximate surface area is 157 Å². The molecule has 142 valence electrons. The molecule has 2 aromatic rings. The fourth-order valence-electron chi connectivity index (χ4n) is 4.19. The second-order valence-corrected chi connectivity index (χ2v) is 7.57. The number of aryl methyl sites for hydroxylation is 2. The number of hydrogen-bond donors (Lipinski definition) is 0. The molecule has 2 unspecified atom stereocenters. The predicted molar refractivity (Wildman–Crippen MR) is 106 cm³/mol. The van der Waals surface area contributed by atoms with Gasteiger partial charge in [-0.25, -0.2) is 0 Å². The number of nitrogens with zero attached hydrogens (tertiary/aromatic N) is 4. The fraction of sp³-hybridized carbons (Fsp3) is 0.571. The van der Waals surface area contributed by atoms with E-state index in [0.717, 1.165) is 31.9 Å². The summed E-state index contributed by atoms with van der Waals surface area (Å²) < 4.78 is 7.43. The third-order valence-corrected chi connectivity index (χ3v) is 5.78. The maximum atomic E-state index is 5.32. The van der Waals surface area contributed by atoms with Gasteiger partial charge in [0.05, 0.1) is 12.8 Å². The molecule has 0 amide bonds. The molecule has 1 aliphatic heterocycles. The van der Waals surface area contributed by atoms with Crippen LogP contribution in [0.15, 0.2) is 24.3 Å². The molecular formula is C21H32N4O. The summed E-state index contributed by atoms with van der Waals surface area (Å²) in [6.07, 6.45) is 0. The van der Waals surface area contributed by atoms with Crippen LogP contribution in [0.4, 0.5) is 0 Å². The highest BCUT2D eigenvalue weighted by Crippen LogP contribution is 2.32. The molecule has 5 nitrogen and oxygen atoms in total. The van der Waals surface area contributed by atoms with Crippen LogP contribution < -0.4 is 4.74 Å². The van der Waals surface area contributed by atoms with Crippen LogP contribution in [0.3, 0.4) is 0 Å². The fourth-order valence-corrected chi connectivity index (χ4v) is 4.19. The lowest BCUT2D eigenvalue weighted by molar-refractivity contribution is 0.259. The van der Waals surface area contributed by atoms with Crippen molar-refractivity contribution in [2.45, 2.75) is 45.8 Å². The monoisotopic (exact) mass is 356 g/mol. The van der Waals surface area contributed by atoms with Gasteiger partial charge in [0.2, 0.25) is 0 Å². The lowest BCUT2D eigenvalue weighted by atomic mass is 9.93. The second kappa shape index (κ2) is 7.80. The summed E-state index contributed by atoms with van der Waals surface area (Å²) >= 11 is 0. The zero-order valence-corrected chi connectivity index (χ0v) is 17.0. The molecule has 5 heteroatoms. The zero-order valence-electron chi connectivity index (χ0n) is 17.0. The number of methoxy groups -OCH3 is 1. The van der Waals surface area contributed by atoms with Crippen LogP contribution in [0.25, 0.3) is 0 Å². The molecule has 26 heavy (non-hydrogen) atoms. The third-order valence-electron chi connectivity index (χ3n) is 5.78. The number of hydrogen-bond acceptors (Lipinski definition) is 4. The quantitative estimate of drug-likeness (QED) is 0.797. The maximum Gasteiger partial charge on any atom is 0.118 e. The van der Waals surface area contributed by atoms with E-state index in [0.29, 0.717) is 12.0 Å². The highest BCUT2D eigenvalue weighted by Gasteiger charge is 2.35. The van der Waals surface area contributed by atoms with E-state index in [1.807, 2.05) is 0 Å². The van der Waals surface area contributed by atoms with Crippen molar-refractivity contribution in [3.63, 3.8) is 0 Å². The average molecular weight is 357 g/mol. The first kappa shape index (κ1) is 18.9. The molecule has 0 saturated carbocycles. The van der Waals surface area contributed by atoms with Crippen molar-refractivity contribution in [3.8, 4) is 5.75 Å². The SMILES string of the molecule is CCn1nc(C)c(CN2CC(c3ccc(OC)cc3)C(N(C)C)C2)c1C. The van der Waals surface area contributed by atoms with Crippen LogP contribution in [-0.2, 0) is 13.1 Å². The van der Waals surface area contributed by atoms with Gasteiger partial charge in [0.1, 0.15) is 5.75 Å². The van der Waals surface area contributed by atoms with Crippen molar-refractivity contribution in [2.24, 2.45) is 0 Å². The molecule has 3 rings (SSSR count). The Morgan fingerprint density at radius 3 is 2.38 bits per heavy atom. The molecule has 1 aromatic carbocycles. The summed E-state index contributed by atoms with van der Waals surface area (Å²) in [5.41, 5.74) is 5.25. The maximum absolute atomic E-state index is 5.32. The normalized spacial score (nSPS) is 20.9. The molecule has 0 spiro atoms. The van der Waals surface area contributed by atoms with Gasteiger partial charge in [0.15, 0.2) is 0 Å². The van der Waals surface area contributed by atoms with Gasteiger partial charge in [-0.15, -0.1) is 0 Å². The van der Waals surface area contributed by atoms with E-state index in [1.54, 1.807) is 7.11 Å². The van der Waals surface area contributed by atoms with Crippen LogP contribution in [0.2, 0.25) is 0 Å². The first-order valence-electron chi connectivity index (χ1n) is 9.50. The Morgan fingerprint density at radius 1 is 1.15 bits per heavy atom. The first-order valence-corrected chi connectivity index (χ1v) is 9.50. The Hall–Kier alpha value is -1.85. The molecule has 0 radical (unpaired) electrons. The zero-order chi connectivity index (χ0) is 18.8. The van der Waals surface area contributed by atoms with Crippen LogP contribution in [0.5, 0.6) is 5.75 Å². The minimum Gasteiger partial charge on any atom is -0.497 e. The van der Waals surface area contributed by atoms with Gasteiger partial charge < -0.3 is 9.64 Å². The average Bonchev–Trinajstić information content (AvgIpc) is 3.18. The molecule has 0 N–H and O–H groups in total. The summed E-state index contributed by atoms with van der Waals surface area (Å²) in [6.45, 7) is 10.6. The van der Waals surface area contributed by atoms with Gasteiger partial charge in [0, 0.05) is 49.4 Å². The number of ether oxygens (including phenoxy) is 1. The number of likely N-dealkylation sites (N-methyl/N-ethyl adjacent to an activating group) is 1. The second-order valence-electron chi connectivity index (χ2n) is 7.57. The number of aromatic nitrogens is 2. The van der Waals surface area contributed by atoms with Gasteiger partial charge >= 0.3 is 0 Å². The van der Waals surface area contributed by atoms with E-state index in [9.17, 15) is 0 Å². The van der Waals surface area contributed by atoms with Crippen molar-refractivity contribution >= 4 is 0 Å². The Morgan fingerprint density at radius 2 is 1.85 bits per heavy atom. The van der Waals surface area contributed by atoms with Crippen molar-refractivity contribution in [1.82, 2.24) is 19.6 Å². The highest BCUT2D eigenvalue weighted by molar-refractivity contribution is 5.32. The standard InChI is InChI=1S/C21H32N4O/c1-7-25-16(3)19(15(2)22-25)12-24-13-20(21(14-24)23(4)5)17-8-10-18(26-6)11-9-17/h8-11,20-21H,7,12-14H2,1-6H3. The summed E-state index contributed by atoms with van der Waals surface area (Å²) in [7, 11) is 6.10. The van der Waals surface area contributed by atoms with Gasteiger partial charge in [-0.1, -0.05) is 12.1 Å². The van der Waals surface area contributed by atoms with Crippen molar-refractivity contribution in [2.75, 3.05) is 34.3 Å². The van der Waals surface area contributed by atoms with Gasteiger partial charge in [-0.2, -0.15) is 5.10 Å². The summed E-state index contributed by atoms with van der Waals surface area (Å²) in [5, 5.41) is 4.69. The predicted octanol–water partition coefficient (Wildman–Crippen LogP) is 3.06. The minimum atomic E-state index is 0.512. The van der Waals surface area contributed by atoms with Crippen molar-refractivity contribution in [3.05, 3.63) is 46.8 Å². The summed E-state index contributed by atoms with van der Waals surface area (Å²) in [6, 6.07) is 9.10. The van der Waals surface area contributed by atoms with E-state index in [4.69, 9.17) is 4.74 Å². The molecule has 2 heterocycles. The van der Waals surface area contributed by atoms with E-state index in [2.05, 4.69) is 78.7 Å². The number of rotatable bonds is 6. The van der Waals surface area contributed by atoms with Crippen LogP contribution >= 0.6 is 0 Å². The minimum absolute atomic E-state index is 0.512. The van der Waals surface area contributed by atoms with E-state index in [-0.39, 0.29) is 0 Å².